The maximum Gasteiger partial charge on any atom is 0.257 e. The van der Waals surface area contributed by atoms with Gasteiger partial charge in [-0.1, -0.05) is 41.9 Å². The number of carbonyl (C=O) groups excluding carboxylic acids is 2. The van der Waals surface area contributed by atoms with Crippen molar-refractivity contribution in [3.63, 3.8) is 0 Å². The molecule has 146 valence electrons. The van der Waals surface area contributed by atoms with Gasteiger partial charge in [0.1, 0.15) is 0 Å². The van der Waals surface area contributed by atoms with E-state index in [9.17, 15) is 9.59 Å². The maximum absolute atomic E-state index is 12.7. The molecule has 0 spiro atoms. The fourth-order valence-electron chi connectivity index (χ4n) is 3.43. The Bertz CT molecular complexity index is 1050. The van der Waals surface area contributed by atoms with Crippen LogP contribution in [0.4, 0.5) is 17.1 Å². The zero-order valence-corrected chi connectivity index (χ0v) is 16.4. The standard InChI is InChI=1S/C23H20ClN3O2/c24-17-9-11-18(12-10-17)26-23(29)19-6-2-3-7-20(19)25-15-22(28)27-14-13-16-5-1-4-8-21(16)27/h1-12,25H,13-15H2,(H,26,29). The Hall–Kier alpha value is -3.31. The second kappa shape index (κ2) is 8.37. The van der Waals surface area contributed by atoms with Crippen LogP contribution in [-0.2, 0) is 11.2 Å². The van der Waals surface area contributed by atoms with Gasteiger partial charge in [0, 0.05) is 28.6 Å². The molecule has 5 nitrogen and oxygen atoms in total. The van der Waals surface area contributed by atoms with Gasteiger partial charge >= 0.3 is 0 Å². The Morgan fingerprint density at radius 1 is 0.931 bits per heavy atom. The molecule has 0 fully saturated rings. The topological polar surface area (TPSA) is 61.4 Å². The van der Waals surface area contributed by atoms with Crippen LogP contribution in [0.1, 0.15) is 15.9 Å². The van der Waals surface area contributed by atoms with Gasteiger partial charge in [-0.15, -0.1) is 0 Å². The fourth-order valence-corrected chi connectivity index (χ4v) is 3.56. The molecule has 0 aromatic heterocycles. The summed E-state index contributed by atoms with van der Waals surface area (Å²) in [6.45, 7) is 0.790. The molecular formula is C23H20ClN3O2. The molecule has 4 rings (SSSR count). The molecule has 1 heterocycles. The molecule has 0 radical (unpaired) electrons. The van der Waals surface area contributed by atoms with E-state index in [2.05, 4.69) is 10.6 Å². The number of hydrogen-bond acceptors (Lipinski definition) is 3. The molecule has 29 heavy (non-hydrogen) atoms. The quantitative estimate of drug-likeness (QED) is 0.652. The molecule has 0 saturated heterocycles. The monoisotopic (exact) mass is 405 g/mol. The van der Waals surface area contributed by atoms with Gasteiger partial charge in [0.15, 0.2) is 0 Å². The molecule has 0 bridgehead atoms. The third kappa shape index (κ3) is 4.25. The van der Waals surface area contributed by atoms with Crippen molar-refractivity contribution in [2.75, 3.05) is 28.6 Å². The Kier molecular flexibility index (Phi) is 5.49. The van der Waals surface area contributed by atoms with Crippen LogP contribution in [0.2, 0.25) is 5.02 Å². The van der Waals surface area contributed by atoms with Gasteiger partial charge in [0.2, 0.25) is 5.91 Å². The number of amides is 2. The first kappa shape index (κ1) is 19.0. The summed E-state index contributed by atoms with van der Waals surface area (Å²) in [6.07, 6.45) is 0.863. The van der Waals surface area contributed by atoms with Crippen molar-refractivity contribution in [1.82, 2.24) is 0 Å². The normalized spacial score (nSPS) is 12.4. The number of fused-ring (bicyclic) bond motifs is 1. The van der Waals surface area contributed by atoms with E-state index in [1.165, 1.54) is 5.56 Å². The number of nitrogens with one attached hydrogen (secondary N) is 2. The Balaban J connectivity index is 1.44. The van der Waals surface area contributed by atoms with Crippen LogP contribution in [-0.4, -0.2) is 24.9 Å². The highest BCUT2D eigenvalue weighted by Gasteiger charge is 2.24. The molecule has 3 aromatic rings. The molecule has 0 saturated carbocycles. The predicted octanol–water partition coefficient (Wildman–Crippen LogP) is 4.59. The van der Waals surface area contributed by atoms with Crippen molar-refractivity contribution >= 4 is 40.5 Å². The van der Waals surface area contributed by atoms with Gasteiger partial charge in [-0.2, -0.15) is 0 Å². The average molecular weight is 406 g/mol. The largest absolute Gasteiger partial charge is 0.375 e. The highest BCUT2D eigenvalue weighted by molar-refractivity contribution is 6.30. The summed E-state index contributed by atoms with van der Waals surface area (Å²) in [4.78, 5) is 27.2. The Morgan fingerprint density at radius 2 is 1.66 bits per heavy atom. The van der Waals surface area contributed by atoms with Gasteiger partial charge in [0.05, 0.1) is 12.1 Å². The number of hydrogen-bond donors (Lipinski definition) is 2. The number of nitrogens with zero attached hydrogens (tertiary/aromatic N) is 1. The Labute approximate surface area is 174 Å². The number of benzene rings is 3. The summed E-state index contributed by atoms with van der Waals surface area (Å²) in [5.41, 5.74) is 3.88. The van der Waals surface area contributed by atoms with Crippen LogP contribution in [0.3, 0.4) is 0 Å². The fraction of sp³-hybridized carbons (Fsp3) is 0.130. The molecular weight excluding hydrogens is 386 g/mol. The first-order valence-corrected chi connectivity index (χ1v) is 9.78. The zero-order chi connectivity index (χ0) is 20.2. The molecule has 6 heteroatoms. The SMILES string of the molecule is O=C(Nc1ccc(Cl)cc1)c1ccccc1NCC(=O)N1CCc2ccccc21. The van der Waals surface area contributed by atoms with Crippen molar-refractivity contribution < 1.29 is 9.59 Å². The average Bonchev–Trinajstić information content (AvgIpc) is 3.18. The molecule has 1 aliphatic rings. The van der Waals surface area contributed by atoms with Gasteiger partial charge in [-0.3, -0.25) is 9.59 Å². The summed E-state index contributed by atoms with van der Waals surface area (Å²) in [7, 11) is 0. The van der Waals surface area contributed by atoms with E-state index in [1.54, 1.807) is 47.4 Å². The number of anilines is 3. The van der Waals surface area contributed by atoms with Crippen molar-refractivity contribution in [2.45, 2.75) is 6.42 Å². The van der Waals surface area contributed by atoms with Crippen LogP contribution in [0.15, 0.2) is 72.8 Å². The van der Waals surface area contributed by atoms with E-state index >= 15 is 0 Å². The summed E-state index contributed by atoms with van der Waals surface area (Å²) in [5, 5.41) is 6.58. The van der Waals surface area contributed by atoms with Crippen LogP contribution in [0.5, 0.6) is 0 Å². The number of halogens is 1. The third-order valence-electron chi connectivity index (χ3n) is 4.89. The van der Waals surface area contributed by atoms with Gasteiger partial charge in [-0.25, -0.2) is 0 Å². The van der Waals surface area contributed by atoms with Gasteiger partial charge in [0.25, 0.3) is 5.91 Å². The third-order valence-corrected chi connectivity index (χ3v) is 5.14. The van der Waals surface area contributed by atoms with Crippen LogP contribution < -0.4 is 15.5 Å². The molecule has 0 unspecified atom stereocenters. The van der Waals surface area contributed by atoms with E-state index in [1.807, 2.05) is 30.3 Å². The van der Waals surface area contributed by atoms with Crippen molar-refractivity contribution in [3.05, 3.63) is 88.9 Å². The van der Waals surface area contributed by atoms with Crippen LogP contribution in [0.25, 0.3) is 0 Å². The van der Waals surface area contributed by atoms with Crippen molar-refractivity contribution in [2.24, 2.45) is 0 Å². The van der Waals surface area contributed by atoms with Crippen molar-refractivity contribution in [3.8, 4) is 0 Å². The zero-order valence-electron chi connectivity index (χ0n) is 15.7. The lowest BCUT2D eigenvalue weighted by molar-refractivity contribution is -0.116. The van der Waals surface area contributed by atoms with Crippen LogP contribution in [0, 0.1) is 0 Å². The van der Waals surface area contributed by atoms with E-state index in [0.717, 1.165) is 12.1 Å². The van der Waals surface area contributed by atoms with Crippen LogP contribution >= 0.6 is 11.6 Å². The molecule has 2 amide bonds. The molecule has 1 aliphatic heterocycles. The summed E-state index contributed by atoms with van der Waals surface area (Å²) in [6, 6.07) is 22.0. The minimum Gasteiger partial charge on any atom is -0.375 e. The summed E-state index contributed by atoms with van der Waals surface area (Å²) < 4.78 is 0. The van der Waals surface area contributed by atoms with Gasteiger partial charge < -0.3 is 15.5 Å². The van der Waals surface area contributed by atoms with Crippen molar-refractivity contribution in [1.29, 1.82) is 0 Å². The molecule has 3 aromatic carbocycles. The molecule has 0 atom stereocenters. The highest BCUT2D eigenvalue weighted by Crippen LogP contribution is 2.27. The summed E-state index contributed by atoms with van der Waals surface area (Å²) in [5.74, 6) is -0.280. The van der Waals surface area contributed by atoms with E-state index in [-0.39, 0.29) is 18.4 Å². The second-order valence-electron chi connectivity index (χ2n) is 6.78. The highest BCUT2D eigenvalue weighted by atomic mass is 35.5. The lowest BCUT2D eigenvalue weighted by Crippen LogP contribution is -2.34. The minimum absolute atomic E-state index is 0.0251. The number of rotatable bonds is 5. The van der Waals surface area contributed by atoms with E-state index < -0.39 is 0 Å². The minimum atomic E-state index is -0.255. The predicted molar refractivity (Wildman–Crippen MR) is 117 cm³/mol. The number of carbonyl (C=O) groups is 2. The lowest BCUT2D eigenvalue weighted by atomic mass is 10.1. The molecule has 2 N–H and O–H groups in total. The first-order chi connectivity index (χ1) is 14.1. The van der Waals surface area contributed by atoms with E-state index in [0.29, 0.717) is 28.5 Å². The maximum atomic E-state index is 12.7. The number of para-hydroxylation sites is 2. The van der Waals surface area contributed by atoms with Gasteiger partial charge in [-0.05, 0) is 54.4 Å². The first-order valence-electron chi connectivity index (χ1n) is 9.40. The smallest absolute Gasteiger partial charge is 0.257 e. The van der Waals surface area contributed by atoms with E-state index in [4.69, 9.17) is 11.6 Å². The Morgan fingerprint density at radius 3 is 2.48 bits per heavy atom. The summed E-state index contributed by atoms with van der Waals surface area (Å²) >= 11 is 5.89. The second-order valence-corrected chi connectivity index (χ2v) is 7.22. The molecule has 0 aliphatic carbocycles. The lowest BCUT2D eigenvalue weighted by Gasteiger charge is -2.19.